The first-order valence-electron chi connectivity index (χ1n) is 4.48. The minimum Gasteiger partial charge on any atom is -0.469 e. The van der Waals surface area contributed by atoms with Gasteiger partial charge < -0.3 is 4.74 Å². The van der Waals surface area contributed by atoms with Crippen molar-refractivity contribution in [2.24, 2.45) is 11.8 Å². The Balaban J connectivity index is 3.91. The van der Waals surface area contributed by atoms with E-state index in [0.29, 0.717) is 5.92 Å². The molecule has 0 aromatic carbocycles. The molecule has 0 rings (SSSR count). The summed E-state index contributed by atoms with van der Waals surface area (Å²) in [4.78, 5) is 11.1. The lowest BCUT2D eigenvalue weighted by Gasteiger charge is -2.11. The predicted octanol–water partition coefficient (Wildman–Crippen LogP) is 2.56. The lowest BCUT2D eigenvalue weighted by molar-refractivity contribution is -0.143. The number of hydrogen-bond donors (Lipinski definition) is 0. The van der Waals surface area contributed by atoms with E-state index in [1.54, 1.807) is 6.08 Å². The van der Waals surface area contributed by atoms with E-state index in [0.717, 1.165) is 12.8 Å². The molecule has 13 heavy (non-hydrogen) atoms. The standard InChI is InChI=1S/C11H18O2/c1-5-9(3)7-8-10(6-2)11(12)13-4/h5-6,9-10H,1-2,7-8H2,3-4H3. The molecule has 0 saturated heterocycles. The third-order valence-electron chi connectivity index (χ3n) is 2.12. The molecule has 2 unspecified atom stereocenters. The number of allylic oxidation sites excluding steroid dienone is 1. The minimum atomic E-state index is -0.203. The normalized spacial score (nSPS) is 14.3. The summed E-state index contributed by atoms with van der Waals surface area (Å²) in [5.41, 5.74) is 0. The molecular formula is C11H18O2. The van der Waals surface area contributed by atoms with Gasteiger partial charge in [-0.05, 0) is 18.8 Å². The first-order valence-corrected chi connectivity index (χ1v) is 4.48. The third kappa shape index (κ3) is 4.51. The van der Waals surface area contributed by atoms with Gasteiger partial charge in [0.25, 0.3) is 0 Å². The van der Waals surface area contributed by atoms with Gasteiger partial charge in [-0.25, -0.2) is 0 Å². The van der Waals surface area contributed by atoms with Crippen LogP contribution in [0.1, 0.15) is 19.8 Å². The summed E-state index contributed by atoms with van der Waals surface area (Å²) < 4.78 is 4.63. The Labute approximate surface area is 80.3 Å². The van der Waals surface area contributed by atoms with Crippen LogP contribution in [0.2, 0.25) is 0 Å². The van der Waals surface area contributed by atoms with Gasteiger partial charge in [-0.3, -0.25) is 4.79 Å². The molecule has 0 aliphatic rings. The Bertz CT molecular complexity index is 185. The van der Waals surface area contributed by atoms with Crippen molar-refractivity contribution < 1.29 is 9.53 Å². The van der Waals surface area contributed by atoms with Crippen LogP contribution in [-0.2, 0) is 9.53 Å². The van der Waals surface area contributed by atoms with Crippen molar-refractivity contribution in [3.63, 3.8) is 0 Å². The van der Waals surface area contributed by atoms with Crippen LogP contribution >= 0.6 is 0 Å². The Morgan fingerprint density at radius 1 is 1.38 bits per heavy atom. The minimum absolute atomic E-state index is 0.174. The number of methoxy groups -OCH3 is 1. The van der Waals surface area contributed by atoms with Gasteiger partial charge in [0.1, 0.15) is 0 Å². The van der Waals surface area contributed by atoms with Crippen molar-refractivity contribution in [3.8, 4) is 0 Å². The molecule has 0 bridgehead atoms. The maximum absolute atomic E-state index is 11.1. The molecule has 0 radical (unpaired) electrons. The second-order valence-electron chi connectivity index (χ2n) is 3.16. The van der Waals surface area contributed by atoms with Gasteiger partial charge in [0.05, 0.1) is 13.0 Å². The molecule has 0 heterocycles. The number of esters is 1. The Kier molecular flexibility index (Phi) is 5.94. The molecule has 2 nitrogen and oxygen atoms in total. The summed E-state index contributed by atoms with van der Waals surface area (Å²) in [5, 5.41) is 0. The van der Waals surface area contributed by atoms with E-state index in [2.05, 4.69) is 24.8 Å². The first kappa shape index (κ1) is 11.9. The van der Waals surface area contributed by atoms with Crippen molar-refractivity contribution in [2.75, 3.05) is 7.11 Å². The highest BCUT2D eigenvalue weighted by Gasteiger charge is 2.15. The highest BCUT2D eigenvalue weighted by molar-refractivity contribution is 5.74. The topological polar surface area (TPSA) is 26.3 Å². The van der Waals surface area contributed by atoms with E-state index in [4.69, 9.17) is 0 Å². The van der Waals surface area contributed by atoms with Gasteiger partial charge in [-0.1, -0.05) is 19.1 Å². The maximum Gasteiger partial charge on any atom is 0.312 e. The highest BCUT2D eigenvalue weighted by Crippen LogP contribution is 2.15. The van der Waals surface area contributed by atoms with E-state index in [1.165, 1.54) is 7.11 Å². The highest BCUT2D eigenvalue weighted by atomic mass is 16.5. The van der Waals surface area contributed by atoms with Crippen molar-refractivity contribution in [1.29, 1.82) is 0 Å². The maximum atomic E-state index is 11.1. The SMILES string of the molecule is C=CC(C)CCC(C=C)C(=O)OC. The molecule has 0 aromatic rings. The molecule has 0 spiro atoms. The second-order valence-corrected chi connectivity index (χ2v) is 3.16. The van der Waals surface area contributed by atoms with Crippen molar-refractivity contribution in [1.82, 2.24) is 0 Å². The van der Waals surface area contributed by atoms with Crippen LogP contribution in [0.15, 0.2) is 25.3 Å². The number of ether oxygens (including phenoxy) is 1. The van der Waals surface area contributed by atoms with Gasteiger partial charge in [0.15, 0.2) is 0 Å². The molecule has 0 aliphatic carbocycles. The zero-order valence-corrected chi connectivity index (χ0v) is 8.45. The number of carbonyl (C=O) groups is 1. The average Bonchev–Trinajstić information content (AvgIpc) is 2.17. The van der Waals surface area contributed by atoms with Crippen LogP contribution in [0.5, 0.6) is 0 Å². The molecule has 0 aliphatic heterocycles. The fourth-order valence-corrected chi connectivity index (χ4v) is 1.04. The summed E-state index contributed by atoms with van der Waals surface area (Å²) in [5.74, 6) is 0.0609. The predicted molar refractivity (Wildman–Crippen MR) is 54.3 cm³/mol. The molecule has 0 saturated carbocycles. The lowest BCUT2D eigenvalue weighted by atomic mass is 9.97. The molecule has 0 aromatic heterocycles. The van der Waals surface area contributed by atoms with Gasteiger partial charge in [-0.2, -0.15) is 0 Å². The second kappa shape index (κ2) is 6.46. The summed E-state index contributed by atoms with van der Waals surface area (Å²) in [6, 6.07) is 0. The Morgan fingerprint density at radius 2 is 2.00 bits per heavy atom. The van der Waals surface area contributed by atoms with Crippen LogP contribution < -0.4 is 0 Å². The average molecular weight is 182 g/mol. The summed E-state index contributed by atoms with van der Waals surface area (Å²) in [6.45, 7) is 9.37. The molecule has 2 atom stereocenters. The molecular weight excluding hydrogens is 164 g/mol. The van der Waals surface area contributed by atoms with E-state index in [-0.39, 0.29) is 11.9 Å². The van der Waals surface area contributed by atoms with Crippen molar-refractivity contribution in [3.05, 3.63) is 25.3 Å². The van der Waals surface area contributed by atoms with Crippen LogP contribution in [0, 0.1) is 11.8 Å². The summed E-state index contributed by atoms with van der Waals surface area (Å²) in [6.07, 6.45) is 5.25. The zero-order valence-electron chi connectivity index (χ0n) is 8.45. The van der Waals surface area contributed by atoms with Crippen LogP contribution in [-0.4, -0.2) is 13.1 Å². The molecule has 0 amide bonds. The van der Waals surface area contributed by atoms with Gasteiger partial charge in [-0.15, -0.1) is 13.2 Å². The van der Waals surface area contributed by atoms with Crippen LogP contribution in [0.4, 0.5) is 0 Å². The van der Waals surface area contributed by atoms with Crippen LogP contribution in [0.3, 0.4) is 0 Å². The van der Waals surface area contributed by atoms with E-state index < -0.39 is 0 Å². The fourth-order valence-electron chi connectivity index (χ4n) is 1.04. The van der Waals surface area contributed by atoms with E-state index >= 15 is 0 Å². The van der Waals surface area contributed by atoms with Crippen LogP contribution in [0.25, 0.3) is 0 Å². The number of carbonyl (C=O) groups excluding carboxylic acids is 1. The van der Waals surface area contributed by atoms with Gasteiger partial charge in [0.2, 0.25) is 0 Å². The summed E-state index contributed by atoms with van der Waals surface area (Å²) in [7, 11) is 1.40. The monoisotopic (exact) mass is 182 g/mol. The van der Waals surface area contributed by atoms with E-state index in [9.17, 15) is 4.79 Å². The molecule has 0 N–H and O–H groups in total. The first-order chi connectivity index (χ1) is 6.15. The zero-order chi connectivity index (χ0) is 10.3. The largest absolute Gasteiger partial charge is 0.469 e. The molecule has 74 valence electrons. The number of rotatable bonds is 6. The Morgan fingerprint density at radius 3 is 2.38 bits per heavy atom. The van der Waals surface area contributed by atoms with E-state index in [1.807, 2.05) is 6.08 Å². The smallest absolute Gasteiger partial charge is 0.312 e. The molecule has 2 heteroatoms. The third-order valence-corrected chi connectivity index (χ3v) is 2.12. The summed E-state index contributed by atoms with van der Waals surface area (Å²) >= 11 is 0. The lowest BCUT2D eigenvalue weighted by Crippen LogP contribution is -2.14. The Hall–Kier alpha value is -1.05. The van der Waals surface area contributed by atoms with Gasteiger partial charge in [0, 0.05) is 0 Å². The molecule has 0 fully saturated rings. The fraction of sp³-hybridized carbons (Fsp3) is 0.545. The van der Waals surface area contributed by atoms with Crippen molar-refractivity contribution in [2.45, 2.75) is 19.8 Å². The van der Waals surface area contributed by atoms with Crippen molar-refractivity contribution >= 4 is 5.97 Å². The number of hydrogen-bond acceptors (Lipinski definition) is 2. The quantitative estimate of drug-likeness (QED) is 0.466. The van der Waals surface area contributed by atoms with Gasteiger partial charge >= 0.3 is 5.97 Å².